The van der Waals surface area contributed by atoms with E-state index in [-0.39, 0.29) is 25.1 Å². The third kappa shape index (κ3) is 5.13. The van der Waals surface area contributed by atoms with Crippen LogP contribution in [0.1, 0.15) is 19.8 Å². The summed E-state index contributed by atoms with van der Waals surface area (Å²) in [7, 11) is 1.47. The smallest absolute Gasteiger partial charge is 0.414 e. The molecule has 8 heteroatoms. The predicted octanol–water partition coefficient (Wildman–Crippen LogP) is 1.90. The van der Waals surface area contributed by atoms with Gasteiger partial charge in [0.2, 0.25) is 0 Å². The lowest BCUT2D eigenvalue weighted by molar-refractivity contribution is -0.384. The maximum atomic E-state index is 11.8. The summed E-state index contributed by atoms with van der Waals surface area (Å²) in [5.74, 6) is 0. The Hall–Kier alpha value is -2.48. The van der Waals surface area contributed by atoms with Crippen molar-refractivity contribution in [1.82, 2.24) is 0 Å². The van der Waals surface area contributed by atoms with Gasteiger partial charge < -0.3 is 14.6 Å². The molecule has 0 unspecified atom stereocenters. The molecule has 1 amide bonds. The summed E-state index contributed by atoms with van der Waals surface area (Å²) in [5.41, 5.74) is -0.848. The Bertz CT molecular complexity index is 541. The summed E-state index contributed by atoms with van der Waals surface area (Å²) < 4.78 is 5.00. The number of aliphatic hydroxyl groups is 1. The molecule has 0 saturated heterocycles. The molecule has 0 aliphatic carbocycles. The normalized spacial score (nSPS) is 13.0. The monoisotopic (exact) mass is 310 g/mol. The van der Waals surface area contributed by atoms with Gasteiger partial charge >= 0.3 is 6.09 Å². The van der Waals surface area contributed by atoms with E-state index in [1.807, 2.05) is 0 Å². The summed E-state index contributed by atoms with van der Waals surface area (Å²) in [6, 6.07) is 5.44. The molecular weight excluding hydrogens is 292 g/mol. The fourth-order valence-corrected chi connectivity index (χ4v) is 1.64. The number of amides is 1. The fourth-order valence-electron chi connectivity index (χ4n) is 1.64. The van der Waals surface area contributed by atoms with Gasteiger partial charge in [-0.25, -0.2) is 4.79 Å². The lowest BCUT2D eigenvalue weighted by atomic mass is 10.00. The molecule has 1 aromatic rings. The highest BCUT2D eigenvalue weighted by Crippen LogP contribution is 2.19. The Balaban J connectivity index is 2.54. The second-order valence-corrected chi connectivity index (χ2v) is 5.06. The van der Waals surface area contributed by atoms with Crippen LogP contribution in [-0.2, 0) is 9.53 Å². The Morgan fingerprint density at radius 3 is 2.55 bits per heavy atom. The van der Waals surface area contributed by atoms with E-state index in [1.165, 1.54) is 43.1 Å². The van der Waals surface area contributed by atoms with E-state index in [0.717, 1.165) is 0 Å². The molecule has 1 N–H and O–H groups in total. The summed E-state index contributed by atoms with van der Waals surface area (Å²) in [5, 5.41) is 20.3. The van der Waals surface area contributed by atoms with Gasteiger partial charge in [0.15, 0.2) is 0 Å². The summed E-state index contributed by atoms with van der Waals surface area (Å²) >= 11 is 0. The SMILES string of the molecule is CN(C(=O)OCC[C@@](C)(O)CC=O)c1ccc([N+](=O)[O-])cc1. The van der Waals surface area contributed by atoms with Crippen LogP contribution in [0.5, 0.6) is 0 Å². The number of carbonyl (C=O) groups excluding carboxylic acids is 2. The average molecular weight is 310 g/mol. The van der Waals surface area contributed by atoms with Crippen molar-refractivity contribution in [3.8, 4) is 0 Å². The molecule has 0 radical (unpaired) electrons. The highest BCUT2D eigenvalue weighted by atomic mass is 16.6. The molecule has 1 aromatic carbocycles. The number of carbonyl (C=O) groups is 2. The zero-order valence-electron chi connectivity index (χ0n) is 12.4. The number of aldehydes is 1. The van der Waals surface area contributed by atoms with Gasteiger partial charge in [-0.15, -0.1) is 0 Å². The Kier molecular flexibility index (Phi) is 6.00. The molecular formula is C14H18N2O6. The van der Waals surface area contributed by atoms with E-state index < -0.39 is 16.6 Å². The van der Waals surface area contributed by atoms with Crippen molar-refractivity contribution in [2.24, 2.45) is 0 Å². The number of benzene rings is 1. The van der Waals surface area contributed by atoms with E-state index in [2.05, 4.69) is 0 Å². The molecule has 0 fully saturated rings. The minimum absolute atomic E-state index is 0.0389. The second kappa shape index (κ2) is 7.51. The van der Waals surface area contributed by atoms with Crippen molar-refractivity contribution in [1.29, 1.82) is 0 Å². The molecule has 0 aliphatic heterocycles. The maximum absolute atomic E-state index is 11.8. The highest BCUT2D eigenvalue weighted by Gasteiger charge is 2.21. The minimum Gasteiger partial charge on any atom is -0.449 e. The molecule has 1 rings (SSSR count). The number of nitro groups is 1. The van der Waals surface area contributed by atoms with Gasteiger partial charge in [0.25, 0.3) is 5.69 Å². The molecule has 0 bridgehead atoms. The van der Waals surface area contributed by atoms with Crippen LogP contribution >= 0.6 is 0 Å². The molecule has 0 aromatic heterocycles. The van der Waals surface area contributed by atoms with Crippen LogP contribution in [0.4, 0.5) is 16.2 Å². The van der Waals surface area contributed by atoms with Crippen molar-refractivity contribution in [3.05, 3.63) is 34.4 Å². The number of rotatable bonds is 7. The van der Waals surface area contributed by atoms with E-state index in [1.54, 1.807) is 0 Å². The van der Waals surface area contributed by atoms with E-state index in [9.17, 15) is 24.8 Å². The molecule has 0 aliphatic rings. The van der Waals surface area contributed by atoms with Crippen molar-refractivity contribution in [2.45, 2.75) is 25.4 Å². The van der Waals surface area contributed by atoms with Crippen molar-refractivity contribution < 1.29 is 24.4 Å². The first-order valence-electron chi connectivity index (χ1n) is 6.58. The molecule has 0 saturated carbocycles. The average Bonchev–Trinajstić information content (AvgIpc) is 2.46. The van der Waals surface area contributed by atoms with Crippen LogP contribution in [0.3, 0.4) is 0 Å². The maximum Gasteiger partial charge on any atom is 0.414 e. The molecule has 8 nitrogen and oxygen atoms in total. The predicted molar refractivity (Wildman–Crippen MR) is 78.8 cm³/mol. The molecule has 0 spiro atoms. The van der Waals surface area contributed by atoms with E-state index >= 15 is 0 Å². The van der Waals surface area contributed by atoms with Crippen molar-refractivity contribution in [2.75, 3.05) is 18.6 Å². The number of hydrogen-bond acceptors (Lipinski definition) is 6. The number of non-ortho nitro benzene ring substituents is 1. The minimum atomic E-state index is -1.21. The van der Waals surface area contributed by atoms with Crippen LogP contribution in [0.25, 0.3) is 0 Å². The fraction of sp³-hybridized carbons (Fsp3) is 0.429. The van der Waals surface area contributed by atoms with Gasteiger partial charge in [-0.2, -0.15) is 0 Å². The Morgan fingerprint density at radius 1 is 1.45 bits per heavy atom. The van der Waals surface area contributed by atoms with Crippen molar-refractivity contribution >= 4 is 23.8 Å². The number of hydrogen-bond donors (Lipinski definition) is 1. The third-order valence-electron chi connectivity index (χ3n) is 3.11. The number of anilines is 1. The number of ether oxygens (including phenoxy) is 1. The van der Waals surface area contributed by atoms with Gasteiger partial charge in [-0.05, 0) is 19.1 Å². The zero-order chi connectivity index (χ0) is 16.8. The lowest BCUT2D eigenvalue weighted by Gasteiger charge is -2.21. The van der Waals surface area contributed by atoms with Crippen LogP contribution in [0, 0.1) is 10.1 Å². The quantitative estimate of drug-likeness (QED) is 0.468. The van der Waals surface area contributed by atoms with Gasteiger partial charge in [0, 0.05) is 37.7 Å². The van der Waals surface area contributed by atoms with Crippen LogP contribution in [0.2, 0.25) is 0 Å². The molecule has 1 atom stereocenters. The Labute approximate surface area is 127 Å². The van der Waals surface area contributed by atoms with E-state index in [4.69, 9.17) is 4.74 Å². The first kappa shape index (κ1) is 17.6. The summed E-state index contributed by atoms with van der Waals surface area (Å²) in [6.07, 6.45) is 0.0369. The van der Waals surface area contributed by atoms with Crippen molar-refractivity contribution in [3.63, 3.8) is 0 Å². The summed E-state index contributed by atoms with van der Waals surface area (Å²) in [4.78, 5) is 33.4. The second-order valence-electron chi connectivity index (χ2n) is 5.06. The van der Waals surface area contributed by atoms with Gasteiger partial charge in [-0.3, -0.25) is 15.0 Å². The van der Waals surface area contributed by atoms with Crippen LogP contribution in [-0.4, -0.2) is 41.7 Å². The lowest BCUT2D eigenvalue weighted by Crippen LogP contribution is -2.31. The van der Waals surface area contributed by atoms with Gasteiger partial charge in [-0.1, -0.05) is 0 Å². The Morgan fingerprint density at radius 2 is 2.05 bits per heavy atom. The first-order chi connectivity index (χ1) is 10.3. The zero-order valence-corrected chi connectivity index (χ0v) is 12.4. The summed E-state index contributed by atoms with van der Waals surface area (Å²) in [6.45, 7) is 1.44. The third-order valence-corrected chi connectivity index (χ3v) is 3.11. The van der Waals surface area contributed by atoms with Crippen LogP contribution < -0.4 is 4.90 Å². The molecule has 120 valence electrons. The largest absolute Gasteiger partial charge is 0.449 e. The van der Waals surface area contributed by atoms with E-state index in [0.29, 0.717) is 12.0 Å². The van der Waals surface area contributed by atoms with Gasteiger partial charge in [0.05, 0.1) is 17.1 Å². The first-order valence-corrected chi connectivity index (χ1v) is 6.58. The van der Waals surface area contributed by atoms with Gasteiger partial charge in [0.1, 0.15) is 6.29 Å². The standard InChI is InChI=1S/C14H18N2O6/c1-14(19,7-9-17)8-10-22-13(18)15(2)11-3-5-12(6-4-11)16(20)21/h3-6,9,19H,7-8,10H2,1-2H3/t14-/m0/s1. The molecule has 22 heavy (non-hydrogen) atoms. The highest BCUT2D eigenvalue weighted by molar-refractivity contribution is 5.87. The topological polar surface area (TPSA) is 110 Å². The number of nitrogens with zero attached hydrogens (tertiary/aromatic N) is 2. The number of nitro benzene ring substituents is 1. The van der Waals surface area contributed by atoms with Crippen LogP contribution in [0.15, 0.2) is 24.3 Å². The molecule has 0 heterocycles.